The first-order chi connectivity index (χ1) is 8.22. The van der Waals surface area contributed by atoms with Crippen LogP contribution in [0.5, 0.6) is 0 Å². The molecule has 0 aliphatic heterocycles. The minimum Gasteiger partial charge on any atom is -0.366 e. The number of primary amides is 1. The molecule has 0 atom stereocenters. The molecule has 0 saturated heterocycles. The van der Waals surface area contributed by atoms with Crippen molar-refractivity contribution in [2.45, 2.75) is 32.7 Å². The second-order valence-corrected chi connectivity index (χ2v) is 4.21. The van der Waals surface area contributed by atoms with E-state index in [0.29, 0.717) is 5.56 Å². The van der Waals surface area contributed by atoms with Gasteiger partial charge >= 0.3 is 0 Å². The number of aryl methyl sites for hydroxylation is 1. The molecule has 0 saturated carbocycles. The molecule has 0 spiro atoms. The molecule has 4 nitrogen and oxygen atoms in total. The van der Waals surface area contributed by atoms with Crippen LogP contribution in [0.25, 0.3) is 11.0 Å². The molecule has 0 aliphatic carbocycles. The van der Waals surface area contributed by atoms with Gasteiger partial charge in [0.15, 0.2) is 0 Å². The summed E-state index contributed by atoms with van der Waals surface area (Å²) in [6.07, 6.45) is 5.40. The Hall–Kier alpha value is -1.84. The molecule has 90 valence electrons. The van der Waals surface area contributed by atoms with Crippen molar-refractivity contribution in [3.8, 4) is 0 Å². The van der Waals surface area contributed by atoms with E-state index in [1.165, 1.54) is 12.8 Å². The molecule has 2 aromatic rings. The standard InChI is InChI=1S/C13H17N3O/c1-2-3-4-7-16-9-15-11-8-10(13(14)17)5-6-12(11)16/h5-6,8-9H,2-4,7H2,1H3,(H2,14,17). The van der Waals surface area contributed by atoms with Gasteiger partial charge in [0.1, 0.15) is 0 Å². The van der Waals surface area contributed by atoms with Crippen LogP contribution >= 0.6 is 0 Å². The van der Waals surface area contributed by atoms with Gasteiger partial charge in [0, 0.05) is 12.1 Å². The van der Waals surface area contributed by atoms with Gasteiger partial charge in [0.25, 0.3) is 0 Å². The van der Waals surface area contributed by atoms with Crippen molar-refractivity contribution >= 4 is 16.9 Å². The second kappa shape index (κ2) is 4.99. The molecule has 0 radical (unpaired) electrons. The molecular formula is C13H17N3O. The number of fused-ring (bicyclic) bond motifs is 1. The van der Waals surface area contributed by atoms with E-state index in [-0.39, 0.29) is 0 Å². The highest BCUT2D eigenvalue weighted by atomic mass is 16.1. The number of aromatic nitrogens is 2. The predicted octanol–water partition coefficient (Wildman–Crippen LogP) is 2.33. The van der Waals surface area contributed by atoms with Crippen LogP contribution in [0.1, 0.15) is 36.5 Å². The van der Waals surface area contributed by atoms with Gasteiger partial charge in [0.05, 0.1) is 17.4 Å². The summed E-state index contributed by atoms with van der Waals surface area (Å²) in [5, 5.41) is 0. The van der Waals surface area contributed by atoms with E-state index in [9.17, 15) is 4.79 Å². The number of amides is 1. The molecule has 1 amide bonds. The lowest BCUT2D eigenvalue weighted by Crippen LogP contribution is -2.10. The quantitative estimate of drug-likeness (QED) is 0.803. The molecule has 2 rings (SSSR count). The van der Waals surface area contributed by atoms with Gasteiger partial charge in [0.2, 0.25) is 5.91 Å². The number of carbonyl (C=O) groups excluding carboxylic acids is 1. The lowest BCUT2D eigenvalue weighted by atomic mass is 10.2. The molecule has 0 fully saturated rings. The fraction of sp³-hybridized carbons (Fsp3) is 0.385. The third-order valence-corrected chi connectivity index (χ3v) is 2.91. The van der Waals surface area contributed by atoms with E-state index in [1.54, 1.807) is 12.1 Å². The summed E-state index contributed by atoms with van der Waals surface area (Å²) in [7, 11) is 0. The smallest absolute Gasteiger partial charge is 0.248 e. The summed E-state index contributed by atoms with van der Waals surface area (Å²) in [6, 6.07) is 5.41. The zero-order valence-electron chi connectivity index (χ0n) is 10.0. The van der Waals surface area contributed by atoms with Crippen LogP contribution in [0, 0.1) is 0 Å². The Labute approximate surface area is 100 Å². The highest BCUT2D eigenvalue weighted by molar-refractivity contribution is 5.96. The number of imidazole rings is 1. The summed E-state index contributed by atoms with van der Waals surface area (Å²) < 4.78 is 2.12. The van der Waals surface area contributed by atoms with E-state index in [4.69, 9.17) is 5.73 Å². The number of carbonyl (C=O) groups is 1. The van der Waals surface area contributed by atoms with Crippen LogP contribution < -0.4 is 5.73 Å². The Bertz CT molecular complexity index is 530. The lowest BCUT2D eigenvalue weighted by Gasteiger charge is -2.03. The van der Waals surface area contributed by atoms with Crippen LogP contribution in [-0.4, -0.2) is 15.5 Å². The zero-order valence-corrected chi connectivity index (χ0v) is 10.0. The van der Waals surface area contributed by atoms with E-state index in [2.05, 4.69) is 16.5 Å². The number of benzene rings is 1. The first-order valence-electron chi connectivity index (χ1n) is 5.97. The minimum atomic E-state index is -0.410. The first-order valence-corrected chi connectivity index (χ1v) is 5.97. The molecule has 2 N–H and O–H groups in total. The minimum absolute atomic E-state index is 0.410. The van der Waals surface area contributed by atoms with Crippen LogP contribution in [0.15, 0.2) is 24.5 Å². The maximum Gasteiger partial charge on any atom is 0.248 e. The largest absolute Gasteiger partial charge is 0.366 e. The predicted molar refractivity (Wildman–Crippen MR) is 67.8 cm³/mol. The van der Waals surface area contributed by atoms with Gasteiger partial charge in [-0.2, -0.15) is 0 Å². The molecule has 4 heteroatoms. The van der Waals surface area contributed by atoms with Crippen LogP contribution in [0.2, 0.25) is 0 Å². The van der Waals surface area contributed by atoms with Gasteiger partial charge in [-0.15, -0.1) is 0 Å². The molecule has 0 bridgehead atoms. The molecule has 1 aromatic heterocycles. The monoisotopic (exact) mass is 231 g/mol. The number of hydrogen-bond donors (Lipinski definition) is 1. The van der Waals surface area contributed by atoms with Crippen molar-refractivity contribution in [3.63, 3.8) is 0 Å². The van der Waals surface area contributed by atoms with Crippen LogP contribution in [0.4, 0.5) is 0 Å². The Balaban J connectivity index is 2.25. The molecule has 0 unspecified atom stereocenters. The van der Waals surface area contributed by atoms with Gasteiger partial charge in [-0.05, 0) is 24.6 Å². The Morgan fingerprint density at radius 3 is 2.94 bits per heavy atom. The van der Waals surface area contributed by atoms with E-state index in [0.717, 1.165) is 24.0 Å². The van der Waals surface area contributed by atoms with E-state index >= 15 is 0 Å². The fourth-order valence-corrected chi connectivity index (χ4v) is 1.93. The van der Waals surface area contributed by atoms with Crippen LogP contribution in [0.3, 0.4) is 0 Å². The lowest BCUT2D eigenvalue weighted by molar-refractivity contribution is 0.100. The summed E-state index contributed by atoms with van der Waals surface area (Å²) in [5.74, 6) is -0.410. The summed E-state index contributed by atoms with van der Waals surface area (Å²) >= 11 is 0. The Morgan fingerprint density at radius 1 is 1.41 bits per heavy atom. The molecule has 1 aromatic carbocycles. The molecule has 0 aliphatic rings. The second-order valence-electron chi connectivity index (χ2n) is 4.21. The third kappa shape index (κ3) is 2.46. The van der Waals surface area contributed by atoms with Gasteiger partial charge in [-0.3, -0.25) is 4.79 Å². The number of unbranched alkanes of at least 4 members (excludes halogenated alkanes) is 2. The number of nitrogens with zero attached hydrogens (tertiary/aromatic N) is 2. The first kappa shape index (κ1) is 11.6. The molecular weight excluding hydrogens is 214 g/mol. The topological polar surface area (TPSA) is 60.9 Å². The van der Waals surface area contributed by atoms with Gasteiger partial charge in [-0.25, -0.2) is 4.98 Å². The van der Waals surface area contributed by atoms with Gasteiger partial charge < -0.3 is 10.3 Å². The van der Waals surface area contributed by atoms with Crippen molar-refractivity contribution in [1.29, 1.82) is 0 Å². The molecule has 1 heterocycles. The van der Waals surface area contributed by atoms with Crippen molar-refractivity contribution in [2.75, 3.05) is 0 Å². The van der Waals surface area contributed by atoms with E-state index < -0.39 is 5.91 Å². The van der Waals surface area contributed by atoms with Crippen molar-refractivity contribution in [2.24, 2.45) is 5.73 Å². The van der Waals surface area contributed by atoms with Crippen molar-refractivity contribution in [1.82, 2.24) is 9.55 Å². The number of hydrogen-bond acceptors (Lipinski definition) is 2. The SMILES string of the molecule is CCCCCn1cnc2cc(C(N)=O)ccc21. The summed E-state index contributed by atoms with van der Waals surface area (Å²) in [4.78, 5) is 15.3. The zero-order chi connectivity index (χ0) is 12.3. The highest BCUT2D eigenvalue weighted by Gasteiger charge is 2.06. The average Bonchev–Trinajstić information content (AvgIpc) is 2.72. The van der Waals surface area contributed by atoms with Crippen molar-refractivity contribution < 1.29 is 4.79 Å². The Kier molecular flexibility index (Phi) is 3.42. The average molecular weight is 231 g/mol. The summed E-state index contributed by atoms with van der Waals surface area (Å²) in [6.45, 7) is 3.16. The fourth-order valence-electron chi connectivity index (χ4n) is 1.93. The van der Waals surface area contributed by atoms with Crippen LogP contribution in [-0.2, 0) is 6.54 Å². The number of rotatable bonds is 5. The molecule has 17 heavy (non-hydrogen) atoms. The highest BCUT2D eigenvalue weighted by Crippen LogP contribution is 2.15. The normalized spacial score (nSPS) is 10.9. The van der Waals surface area contributed by atoms with Gasteiger partial charge in [-0.1, -0.05) is 19.8 Å². The number of nitrogens with two attached hydrogens (primary N) is 1. The third-order valence-electron chi connectivity index (χ3n) is 2.91. The van der Waals surface area contributed by atoms with E-state index in [1.807, 2.05) is 12.4 Å². The maximum absolute atomic E-state index is 11.0. The Morgan fingerprint density at radius 2 is 2.24 bits per heavy atom. The van der Waals surface area contributed by atoms with Crippen molar-refractivity contribution in [3.05, 3.63) is 30.1 Å². The maximum atomic E-state index is 11.0. The summed E-state index contributed by atoms with van der Waals surface area (Å²) in [5.41, 5.74) is 7.64.